The zero-order valence-corrected chi connectivity index (χ0v) is 41.7. The quantitative estimate of drug-likeness (QED) is 0.0132. The van der Waals surface area contributed by atoms with Gasteiger partial charge >= 0.3 is 0 Å². The van der Waals surface area contributed by atoms with E-state index in [0.29, 0.717) is 57.3 Å². The van der Waals surface area contributed by atoms with Crippen LogP contribution in [-0.4, -0.2) is 180 Å². The van der Waals surface area contributed by atoms with E-state index in [4.69, 9.17) is 40.1 Å². The zero-order chi connectivity index (χ0) is 54.5. The smallest absolute Gasteiger partial charge is 0.269 e. The number of aliphatic hydroxyl groups is 1. The van der Waals surface area contributed by atoms with Gasteiger partial charge in [0.15, 0.2) is 5.96 Å². The summed E-state index contributed by atoms with van der Waals surface area (Å²) in [5.74, 6) is -7.49. The van der Waals surface area contributed by atoms with Crippen molar-refractivity contribution in [2.45, 2.75) is 126 Å². The fourth-order valence-corrected chi connectivity index (χ4v) is 7.39. The van der Waals surface area contributed by atoms with E-state index in [2.05, 4.69) is 57.2 Å². The van der Waals surface area contributed by atoms with Gasteiger partial charge in [0.05, 0.1) is 25.0 Å². The van der Waals surface area contributed by atoms with Crippen molar-refractivity contribution in [3.63, 3.8) is 0 Å². The number of aromatic amines is 1. The first kappa shape index (κ1) is 62.2. The number of hydrogen-bond acceptors (Lipinski definition) is 17. The van der Waals surface area contributed by atoms with Crippen LogP contribution >= 0.6 is 0 Å². The van der Waals surface area contributed by atoms with Crippen molar-refractivity contribution in [2.75, 3.05) is 52.9 Å². The van der Waals surface area contributed by atoms with E-state index in [1.165, 1.54) is 30.4 Å². The highest BCUT2D eigenvalue weighted by Gasteiger charge is 2.38. The van der Waals surface area contributed by atoms with Crippen LogP contribution in [0.1, 0.15) is 83.2 Å². The number of aliphatic imine (C=N–C) groups is 2. The number of aromatic nitrogens is 2. The molecule has 1 aromatic heterocycles. The third-order valence-electron chi connectivity index (χ3n) is 11.4. The predicted molar refractivity (Wildman–Crippen MR) is 269 cm³/mol. The largest absolute Gasteiger partial charge is 0.389 e. The lowest BCUT2D eigenvalue weighted by Crippen LogP contribution is -2.60. The molecule has 1 aliphatic heterocycles. The van der Waals surface area contributed by atoms with Gasteiger partial charge in [0, 0.05) is 37.9 Å². The van der Waals surface area contributed by atoms with Crippen LogP contribution in [0.15, 0.2) is 34.3 Å². The van der Waals surface area contributed by atoms with Crippen LogP contribution in [-0.2, 0) is 49.6 Å². The first-order valence-electron chi connectivity index (χ1n) is 24.2. The Labute approximate surface area is 423 Å². The van der Waals surface area contributed by atoms with E-state index in [0.717, 1.165) is 0 Å². The van der Waals surface area contributed by atoms with Gasteiger partial charge in [-0.15, -0.1) is 0 Å². The van der Waals surface area contributed by atoms with Crippen molar-refractivity contribution in [2.24, 2.45) is 50.1 Å². The van der Waals surface area contributed by atoms with Crippen molar-refractivity contribution in [3.05, 3.63) is 30.0 Å². The Morgan fingerprint density at radius 3 is 2.08 bits per heavy atom. The summed E-state index contributed by atoms with van der Waals surface area (Å²) in [6, 6.07) is -7.22. The maximum absolute atomic E-state index is 14.1. The first-order chi connectivity index (χ1) is 34.8. The minimum Gasteiger partial charge on any atom is -0.389 e. The molecule has 1 saturated heterocycles. The summed E-state index contributed by atoms with van der Waals surface area (Å²) in [6.07, 6.45) is 5.97. The number of rotatable bonds is 34. The molecule has 29 heteroatoms. The highest BCUT2D eigenvalue weighted by atomic mass is 16.3. The predicted octanol–water partition coefficient (Wildman–Crippen LogP) is -6.96. The van der Waals surface area contributed by atoms with Crippen LogP contribution < -0.4 is 77.4 Å². The number of primary amides is 1. The van der Waals surface area contributed by atoms with Crippen molar-refractivity contribution in [1.82, 2.24) is 52.1 Å². The second kappa shape index (κ2) is 33.7. The average molecular weight is 1030 g/mol. The molecular formula is C44H77N19O10. The maximum atomic E-state index is 14.1. The standard InChI is InChI=1S/C44H77N19O10/c1-25(57-42(72)35(33(64)21-48)62-38(68)28(52-2)10-3-5-15-45)37(67)55-23-34(65)58-30(12-7-17-47)43(73)63-19-9-14-32(63)41(71)61-31(20-26-22-53-24-56-26)40(70)60-29(11-4-6-16-46)39(69)59-27(36(49)66)13-8-18-54-44(50)51/h13,22,24-25,28-29,31-33,35,52,64H,3-12,14-21,23,45-48H2,1-2H3,(H2,49,66)(H,53,56)(H,55,67)(H,57,72)(H,59,69)(H,60,70)(H,61,71)(H,62,68)(H4,50,51,54)/b27-13-,58-30?/t25-,28-,29-,31-,32-,33-,35-/m0/s1. The van der Waals surface area contributed by atoms with Gasteiger partial charge in [-0.3, -0.25) is 48.1 Å². The van der Waals surface area contributed by atoms with Crippen molar-refractivity contribution in [1.29, 1.82) is 0 Å². The van der Waals surface area contributed by atoms with Gasteiger partial charge < -0.3 is 92.3 Å². The van der Waals surface area contributed by atoms with E-state index in [1.807, 2.05) is 0 Å². The minimum absolute atomic E-state index is 0.0768. The van der Waals surface area contributed by atoms with Crippen molar-refractivity contribution >= 4 is 64.8 Å². The van der Waals surface area contributed by atoms with E-state index in [9.17, 15) is 48.3 Å². The molecule has 0 radical (unpaired) electrons. The minimum atomic E-state index is -1.53. The summed E-state index contributed by atoms with van der Waals surface area (Å²) in [5.41, 5.74) is 38.7. The number of unbranched alkanes of at least 4 members (excludes halogenated alkanes) is 2. The van der Waals surface area contributed by atoms with Gasteiger partial charge in [-0.2, -0.15) is 0 Å². The molecule has 1 aromatic rings. The fraction of sp³-hybridized carbons (Fsp3) is 0.636. The number of H-pyrrole nitrogens is 1. The molecule has 73 heavy (non-hydrogen) atoms. The number of likely N-dealkylation sites (N-methyl/N-ethyl adjacent to an activating group) is 1. The molecule has 0 saturated carbocycles. The fourth-order valence-electron chi connectivity index (χ4n) is 7.39. The lowest BCUT2D eigenvalue weighted by Gasteiger charge is -2.27. The van der Waals surface area contributed by atoms with Gasteiger partial charge in [0.25, 0.3) is 17.7 Å². The van der Waals surface area contributed by atoms with Gasteiger partial charge in [0.1, 0.15) is 41.6 Å². The number of hydrogen-bond donors (Lipinski definition) is 16. The molecular weight excluding hydrogens is 955 g/mol. The third-order valence-corrected chi connectivity index (χ3v) is 11.4. The number of likely N-dealkylation sites (tertiary alicyclic amines) is 1. The highest BCUT2D eigenvalue weighted by Crippen LogP contribution is 2.20. The lowest BCUT2D eigenvalue weighted by atomic mass is 10.1. The number of carbonyl (C=O) groups is 9. The van der Waals surface area contributed by atoms with Gasteiger partial charge in [-0.25, -0.2) is 9.98 Å². The molecule has 2 rings (SSSR count). The van der Waals surface area contributed by atoms with E-state index < -0.39 is 109 Å². The number of nitrogens with two attached hydrogens (primary N) is 7. The monoisotopic (exact) mass is 1030 g/mol. The van der Waals surface area contributed by atoms with Gasteiger partial charge in [-0.1, -0.05) is 12.5 Å². The van der Waals surface area contributed by atoms with Crippen molar-refractivity contribution in [3.8, 4) is 0 Å². The van der Waals surface area contributed by atoms with Crippen LogP contribution in [0.5, 0.6) is 0 Å². The van der Waals surface area contributed by atoms with Crippen LogP contribution in [0, 0.1) is 0 Å². The van der Waals surface area contributed by atoms with Crippen LogP contribution in [0.3, 0.4) is 0 Å². The molecule has 0 aromatic carbocycles. The lowest BCUT2D eigenvalue weighted by molar-refractivity contribution is -0.136. The number of amides is 9. The molecule has 29 nitrogen and oxygen atoms in total. The Morgan fingerprint density at radius 1 is 0.836 bits per heavy atom. The summed E-state index contributed by atoms with van der Waals surface area (Å²) in [4.78, 5) is 136. The van der Waals surface area contributed by atoms with Crippen LogP contribution in [0.2, 0.25) is 0 Å². The Hall–Kier alpha value is -6.92. The van der Waals surface area contributed by atoms with Gasteiger partial charge in [-0.05, 0) is 97.8 Å². The molecule has 1 fully saturated rings. The second-order valence-corrected chi connectivity index (χ2v) is 17.1. The Kier molecular flexibility index (Phi) is 28.7. The van der Waals surface area contributed by atoms with E-state index in [1.54, 1.807) is 7.05 Å². The van der Waals surface area contributed by atoms with Gasteiger partial charge in [0.2, 0.25) is 35.4 Å². The Balaban J connectivity index is 2.25. The highest BCUT2D eigenvalue weighted by molar-refractivity contribution is 6.40. The summed E-state index contributed by atoms with van der Waals surface area (Å²) in [6.45, 7) is 1.20. The summed E-state index contributed by atoms with van der Waals surface area (Å²) >= 11 is 0. The number of guanidine groups is 1. The normalized spacial score (nSPS) is 16.2. The maximum Gasteiger partial charge on any atom is 0.269 e. The molecule has 0 aliphatic carbocycles. The van der Waals surface area contributed by atoms with Crippen LogP contribution in [0.4, 0.5) is 0 Å². The molecule has 0 unspecified atom stereocenters. The molecule has 0 bridgehead atoms. The topological polar surface area (TPSA) is 497 Å². The first-order valence-corrected chi connectivity index (χ1v) is 24.2. The Bertz CT molecular complexity index is 2080. The summed E-state index contributed by atoms with van der Waals surface area (Å²) in [7, 11) is 1.56. The Morgan fingerprint density at radius 2 is 1.49 bits per heavy atom. The number of carbonyl (C=O) groups excluding carboxylic acids is 9. The van der Waals surface area contributed by atoms with E-state index >= 15 is 0 Å². The number of aliphatic hydroxyl groups excluding tert-OH is 1. The SMILES string of the molecule is CN[C@@H](CCCCN)C(=O)N[C@H](C(=O)N[C@@H](C)C(=O)NCC(=O)N=C(CCCN)C(=O)N1CCC[C@H]1C(=O)N[C@@H](Cc1cnc[nH]1)C(=O)N[C@@H](CCCCN)C(=O)N/C(=C\CCN=C(N)N)C(N)=O)[C@@H](O)CN. The third kappa shape index (κ3) is 22.2. The number of nitrogens with zero attached hydrogens (tertiary/aromatic N) is 4. The molecule has 2 heterocycles. The zero-order valence-electron chi connectivity index (χ0n) is 41.7. The van der Waals surface area contributed by atoms with Crippen LogP contribution in [0.25, 0.3) is 0 Å². The molecule has 0 spiro atoms. The molecule has 23 N–H and O–H groups in total. The summed E-state index contributed by atoms with van der Waals surface area (Å²) in [5, 5.41) is 28.4. The molecule has 7 atom stereocenters. The number of imidazole rings is 1. The average Bonchev–Trinajstić information content (AvgIpc) is 4.08. The van der Waals surface area contributed by atoms with E-state index in [-0.39, 0.29) is 75.5 Å². The molecule has 408 valence electrons. The summed E-state index contributed by atoms with van der Waals surface area (Å²) < 4.78 is 0. The molecule has 1 aliphatic rings. The van der Waals surface area contributed by atoms with Crippen molar-refractivity contribution < 1.29 is 48.3 Å². The molecule has 9 amide bonds. The second-order valence-electron chi connectivity index (χ2n) is 17.1. The number of nitrogens with one attached hydrogen (secondary N) is 8.